The molecule has 0 aliphatic heterocycles. The summed E-state index contributed by atoms with van der Waals surface area (Å²) >= 11 is 5.14. The molecule has 0 aliphatic rings. The fourth-order valence-corrected chi connectivity index (χ4v) is 2.51. The van der Waals surface area contributed by atoms with Crippen LogP contribution in [0.1, 0.15) is 19.8 Å². The Bertz CT molecular complexity index is 462. The zero-order valence-electron chi connectivity index (χ0n) is 11.2. The second kappa shape index (κ2) is 9.20. The zero-order valence-corrected chi connectivity index (χ0v) is 13.6. The third-order valence-electron chi connectivity index (χ3n) is 2.51. The van der Waals surface area contributed by atoms with Gasteiger partial charge in [0.15, 0.2) is 0 Å². The molecule has 0 aliphatic carbocycles. The molecule has 1 aromatic rings. The van der Waals surface area contributed by atoms with Gasteiger partial charge >= 0.3 is 0 Å². The molecule has 0 atom stereocenters. The first-order valence-corrected chi connectivity index (χ1v) is 8.33. The van der Waals surface area contributed by atoms with Gasteiger partial charge in [0.25, 0.3) is 5.56 Å². The summed E-state index contributed by atoms with van der Waals surface area (Å²) in [5.74, 6) is 1.91. The maximum atomic E-state index is 12.0. The molecule has 6 heteroatoms. The average Bonchev–Trinajstić information content (AvgIpc) is 2.42. The van der Waals surface area contributed by atoms with Crippen molar-refractivity contribution in [2.75, 3.05) is 23.4 Å². The quantitative estimate of drug-likeness (QED) is 0.551. The molecule has 106 valence electrons. The number of unbranched alkanes of at least 4 members (excludes halogenated alkanes) is 1. The zero-order chi connectivity index (χ0) is 14.1. The highest BCUT2D eigenvalue weighted by molar-refractivity contribution is 9.10. The molecule has 0 aromatic carbocycles. The SMILES string of the molecule is C=CCSCCNc1cnn(CCCC)c(=O)c1Br. The van der Waals surface area contributed by atoms with Gasteiger partial charge in [-0.3, -0.25) is 4.79 Å². The molecule has 0 fully saturated rings. The van der Waals surface area contributed by atoms with E-state index in [4.69, 9.17) is 0 Å². The van der Waals surface area contributed by atoms with Crippen molar-refractivity contribution in [3.05, 3.63) is 33.7 Å². The smallest absolute Gasteiger partial charge is 0.283 e. The predicted octanol–water partition coefficient (Wildman–Crippen LogP) is 3.14. The number of hydrogen-bond acceptors (Lipinski definition) is 4. The monoisotopic (exact) mass is 345 g/mol. The number of halogens is 1. The van der Waals surface area contributed by atoms with Gasteiger partial charge in [-0.05, 0) is 22.4 Å². The Morgan fingerprint density at radius 3 is 3.11 bits per heavy atom. The maximum Gasteiger partial charge on any atom is 0.283 e. The number of aryl methyl sites for hydroxylation is 1. The Hall–Kier alpha value is -0.750. The van der Waals surface area contributed by atoms with E-state index in [1.165, 1.54) is 4.68 Å². The Kier molecular flexibility index (Phi) is 7.90. The van der Waals surface area contributed by atoms with Crippen LogP contribution in [0, 0.1) is 0 Å². The molecule has 1 rings (SSSR count). The van der Waals surface area contributed by atoms with E-state index >= 15 is 0 Å². The summed E-state index contributed by atoms with van der Waals surface area (Å²) in [4.78, 5) is 12.0. The van der Waals surface area contributed by atoms with Crippen LogP contribution in [0.15, 0.2) is 28.1 Å². The molecule has 0 saturated carbocycles. The van der Waals surface area contributed by atoms with Gasteiger partial charge in [0.1, 0.15) is 4.47 Å². The first kappa shape index (κ1) is 16.3. The summed E-state index contributed by atoms with van der Waals surface area (Å²) in [6.07, 6.45) is 5.60. The molecule has 0 amide bonds. The highest BCUT2D eigenvalue weighted by Crippen LogP contribution is 2.16. The van der Waals surface area contributed by atoms with Crippen LogP contribution in [0.5, 0.6) is 0 Å². The van der Waals surface area contributed by atoms with Gasteiger partial charge < -0.3 is 5.32 Å². The molecule has 1 N–H and O–H groups in total. The van der Waals surface area contributed by atoms with Crippen molar-refractivity contribution in [3.63, 3.8) is 0 Å². The van der Waals surface area contributed by atoms with Gasteiger partial charge in [0.2, 0.25) is 0 Å². The van der Waals surface area contributed by atoms with Crippen molar-refractivity contribution in [1.29, 1.82) is 0 Å². The van der Waals surface area contributed by atoms with E-state index in [0.29, 0.717) is 11.0 Å². The molecule has 1 heterocycles. The predicted molar refractivity (Wildman–Crippen MR) is 87.1 cm³/mol. The van der Waals surface area contributed by atoms with Crippen molar-refractivity contribution in [2.45, 2.75) is 26.3 Å². The van der Waals surface area contributed by atoms with Gasteiger partial charge in [-0.2, -0.15) is 16.9 Å². The van der Waals surface area contributed by atoms with Crippen LogP contribution in [0.4, 0.5) is 5.69 Å². The molecule has 0 radical (unpaired) electrons. The number of anilines is 1. The van der Waals surface area contributed by atoms with Crippen LogP contribution in [-0.2, 0) is 6.54 Å². The van der Waals surface area contributed by atoms with Gasteiger partial charge in [-0.1, -0.05) is 19.4 Å². The van der Waals surface area contributed by atoms with Crippen LogP contribution >= 0.6 is 27.7 Å². The van der Waals surface area contributed by atoms with Crippen LogP contribution in [-0.4, -0.2) is 27.8 Å². The molecule has 19 heavy (non-hydrogen) atoms. The lowest BCUT2D eigenvalue weighted by Crippen LogP contribution is -2.24. The van der Waals surface area contributed by atoms with Crippen LogP contribution in [0.2, 0.25) is 0 Å². The number of rotatable bonds is 9. The van der Waals surface area contributed by atoms with E-state index in [1.54, 1.807) is 18.0 Å². The number of hydrogen-bond donors (Lipinski definition) is 1. The lowest BCUT2D eigenvalue weighted by atomic mass is 10.3. The van der Waals surface area contributed by atoms with Crippen molar-refractivity contribution in [3.8, 4) is 0 Å². The van der Waals surface area contributed by atoms with Crippen LogP contribution < -0.4 is 10.9 Å². The van der Waals surface area contributed by atoms with Crippen molar-refractivity contribution in [1.82, 2.24) is 9.78 Å². The minimum absolute atomic E-state index is 0.0720. The van der Waals surface area contributed by atoms with Crippen molar-refractivity contribution >= 4 is 33.4 Å². The highest BCUT2D eigenvalue weighted by Gasteiger charge is 2.07. The average molecular weight is 346 g/mol. The second-order valence-electron chi connectivity index (χ2n) is 4.04. The summed E-state index contributed by atoms with van der Waals surface area (Å²) in [5, 5.41) is 7.40. The summed E-state index contributed by atoms with van der Waals surface area (Å²) in [6.45, 7) is 7.24. The molecule has 1 aromatic heterocycles. The van der Waals surface area contributed by atoms with E-state index < -0.39 is 0 Å². The fraction of sp³-hybridized carbons (Fsp3) is 0.538. The van der Waals surface area contributed by atoms with Crippen LogP contribution in [0.25, 0.3) is 0 Å². The number of nitrogens with one attached hydrogen (secondary N) is 1. The minimum Gasteiger partial charge on any atom is -0.382 e. The highest BCUT2D eigenvalue weighted by atomic mass is 79.9. The summed E-state index contributed by atoms with van der Waals surface area (Å²) in [5.41, 5.74) is 0.689. The van der Waals surface area contributed by atoms with E-state index in [-0.39, 0.29) is 5.56 Å². The number of nitrogens with zero attached hydrogens (tertiary/aromatic N) is 2. The van der Waals surface area contributed by atoms with Crippen LogP contribution in [0.3, 0.4) is 0 Å². The maximum absolute atomic E-state index is 12.0. The number of thioether (sulfide) groups is 1. The number of aromatic nitrogens is 2. The first-order chi connectivity index (χ1) is 9.20. The molecule has 0 spiro atoms. The molecule has 0 bridgehead atoms. The molecule has 0 unspecified atom stereocenters. The molecule has 4 nitrogen and oxygen atoms in total. The molecule has 0 saturated heterocycles. The van der Waals surface area contributed by atoms with E-state index in [2.05, 4.69) is 39.8 Å². The lowest BCUT2D eigenvalue weighted by Gasteiger charge is -2.09. The summed E-state index contributed by atoms with van der Waals surface area (Å²) < 4.78 is 2.07. The van der Waals surface area contributed by atoms with Crippen molar-refractivity contribution in [2.24, 2.45) is 0 Å². The Morgan fingerprint density at radius 2 is 2.42 bits per heavy atom. The van der Waals surface area contributed by atoms with Gasteiger partial charge in [0, 0.05) is 24.6 Å². The fourth-order valence-electron chi connectivity index (χ4n) is 1.48. The molecular formula is C13H20BrN3OS. The molecular weight excluding hydrogens is 326 g/mol. The minimum atomic E-state index is -0.0720. The van der Waals surface area contributed by atoms with E-state index in [1.807, 2.05) is 6.08 Å². The first-order valence-electron chi connectivity index (χ1n) is 6.38. The van der Waals surface area contributed by atoms with Gasteiger partial charge in [-0.15, -0.1) is 6.58 Å². The summed E-state index contributed by atoms with van der Waals surface area (Å²) in [7, 11) is 0. The van der Waals surface area contributed by atoms with E-state index in [0.717, 1.165) is 36.6 Å². The largest absolute Gasteiger partial charge is 0.382 e. The standard InChI is InChI=1S/C13H20BrN3OS/c1-3-5-7-17-13(18)12(14)11(10-16-17)15-6-9-19-8-4-2/h4,10,15H,2-3,5-9H2,1H3. The topological polar surface area (TPSA) is 46.9 Å². The second-order valence-corrected chi connectivity index (χ2v) is 5.99. The lowest BCUT2D eigenvalue weighted by molar-refractivity contribution is 0.541. The Labute approximate surface area is 126 Å². The Balaban J connectivity index is 2.58. The normalized spacial score (nSPS) is 10.4. The summed E-state index contributed by atoms with van der Waals surface area (Å²) in [6, 6.07) is 0. The Morgan fingerprint density at radius 1 is 1.63 bits per heavy atom. The van der Waals surface area contributed by atoms with Gasteiger partial charge in [-0.25, -0.2) is 4.68 Å². The van der Waals surface area contributed by atoms with E-state index in [9.17, 15) is 4.79 Å². The third-order valence-corrected chi connectivity index (χ3v) is 4.24. The third kappa shape index (κ3) is 5.40. The van der Waals surface area contributed by atoms with Crippen molar-refractivity contribution < 1.29 is 0 Å². The van der Waals surface area contributed by atoms with Gasteiger partial charge in [0.05, 0.1) is 11.9 Å².